The second kappa shape index (κ2) is 7.09. The molecule has 3 aromatic rings. The maximum Gasteiger partial charge on any atom is 0.337 e. The summed E-state index contributed by atoms with van der Waals surface area (Å²) in [7, 11) is 1.28. The number of benzene rings is 1. The zero-order valence-corrected chi connectivity index (χ0v) is 13.6. The van der Waals surface area contributed by atoms with Crippen LogP contribution in [0, 0.1) is 5.82 Å². The molecule has 8 nitrogen and oxygen atoms in total. The minimum absolute atomic E-state index is 0.124. The third-order valence-electron chi connectivity index (χ3n) is 3.49. The minimum Gasteiger partial charge on any atom is -0.481 e. The first kappa shape index (κ1) is 17.2. The van der Waals surface area contributed by atoms with Gasteiger partial charge in [0.25, 0.3) is 0 Å². The number of methoxy groups -OCH3 is 1. The third-order valence-corrected chi connectivity index (χ3v) is 3.49. The number of halogens is 1. The van der Waals surface area contributed by atoms with Crippen molar-refractivity contribution < 1.29 is 23.8 Å². The van der Waals surface area contributed by atoms with E-state index in [1.165, 1.54) is 35.8 Å². The molecule has 0 bridgehead atoms. The first-order valence-electron chi connectivity index (χ1n) is 7.46. The van der Waals surface area contributed by atoms with Gasteiger partial charge in [0.05, 0.1) is 30.5 Å². The van der Waals surface area contributed by atoms with Crippen molar-refractivity contribution in [2.75, 3.05) is 7.11 Å². The molecule has 0 aliphatic rings. The molecule has 0 radical (unpaired) electrons. The monoisotopic (exact) mass is 356 g/mol. The number of imidazole rings is 1. The van der Waals surface area contributed by atoms with Crippen LogP contribution in [0.1, 0.15) is 16.1 Å². The zero-order chi connectivity index (χ0) is 18.7. The zero-order valence-electron chi connectivity index (χ0n) is 13.6. The van der Waals surface area contributed by atoms with Crippen LogP contribution >= 0.6 is 0 Å². The number of rotatable bonds is 5. The highest BCUT2D eigenvalue weighted by molar-refractivity contribution is 5.89. The maximum absolute atomic E-state index is 13.5. The fourth-order valence-electron chi connectivity index (χ4n) is 2.31. The van der Waals surface area contributed by atoms with Crippen molar-refractivity contribution in [3.8, 4) is 0 Å². The molecule has 0 fully saturated rings. The van der Waals surface area contributed by atoms with Gasteiger partial charge in [-0.2, -0.15) is 0 Å². The lowest BCUT2D eigenvalue weighted by molar-refractivity contribution is -0.136. The summed E-state index contributed by atoms with van der Waals surface area (Å²) in [6.45, 7) is 0. The van der Waals surface area contributed by atoms with Gasteiger partial charge in [0.15, 0.2) is 5.82 Å². The summed E-state index contributed by atoms with van der Waals surface area (Å²) in [5, 5.41) is 17.1. The summed E-state index contributed by atoms with van der Waals surface area (Å²) >= 11 is 0. The van der Waals surface area contributed by atoms with Gasteiger partial charge in [0.1, 0.15) is 11.5 Å². The highest BCUT2D eigenvalue weighted by atomic mass is 19.1. The van der Waals surface area contributed by atoms with Gasteiger partial charge in [-0.15, -0.1) is 10.2 Å². The molecule has 0 spiro atoms. The first-order chi connectivity index (χ1) is 12.5. The number of carboxylic acid groups (broad SMARTS) is 1. The Bertz CT molecular complexity index is 1010. The van der Waals surface area contributed by atoms with E-state index in [9.17, 15) is 14.0 Å². The van der Waals surface area contributed by atoms with E-state index in [2.05, 4.69) is 19.9 Å². The van der Waals surface area contributed by atoms with Gasteiger partial charge < -0.3 is 9.84 Å². The van der Waals surface area contributed by atoms with E-state index in [1.807, 2.05) is 0 Å². The fourth-order valence-corrected chi connectivity index (χ4v) is 2.31. The number of aliphatic carboxylic acids is 1. The summed E-state index contributed by atoms with van der Waals surface area (Å²) in [4.78, 5) is 26.6. The lowest BCUT2D eigenvalue weighted by Gasteiger charge is -2.00. The molecule has 0 saturated heterocycles. The molecule has 132 valence electrons. The van der Waals surface area contributed by atoms with Gasteiger partial charge in [0.2, 0.25) is 0 Å². The van der Waals surface area contributed by atoms with Crippen LogP contribution < -0.4 is 0 Å². The van der Waals surface area contributed by atoms with Gasteiger partial charge >= 0.3 is 11.9 Å². The van der Waals surface area contributed by atoms with Gasteiger partial charge in [-0.3, -0.25) is 9.20 Å². The number of nitrogens with zero attached hydrogens (tertiary/aromatic N) is 4. The van der Waals surface area contributed by atoms with Crippen molar-refractivity contribution in [1.82, 2.24) is 9.38 Å². The SMILES string of the molecule is COC(=O)c1ccc(N=Nc2c(CC(=O)O)nc3ccc(F)cn23)cc1. The number of fused-ring (bicyclic) bond motifs is 1. The molecule has 0 aliphatic heterocycles. The Morgan fingerprint density at radius 2 is 1.92 bits per heavy atom. The van der Waals surface area contributed by atoms with E-state index >= 15 is 0 Å². The average molecular weight is 356 g/mol. The summed E-state index contributed by atoms with van der Waals surface area (Å²) in [6, 6.07) is 8.79. The second-order valence-electron chi connectivity index (χ2n) is 5.27. The molecule has 0 atom stereocenters. The number of pyridine rings is 1. The molecule has 9 heteroatoms. The number of ether oxygens (including phenoxy) is 1. The largest absolute Gasteiger partial charge is 0.481 e. The molecule has 1 aromatic carbocycles. The maximum atomic E-state index is 13.5. The van der Waals surface area contributed by atoms with E-state index < -0.39 is 17.8 Å². The Morgan fingerprint density at radius 1 is 1.19 bits per heavy atom. The van der Waals surface area contributed by atoms with Crippen LogP contribution in [0.15, 0.2) is 52.8 Å². The normalized spacial score (nSPS) is 11.2. The van der Waals surface area contributed by atoms with Gasteiger partial charge in [-0.05, 0) is 36.4 Å². The Hall–Kier alpha value is -3.62. The van der Waals surface area contributed by atoms with Crippen molar-refractivity contribution in [3.63, 3.8) is 0 Å². The van der Waals surface area contributed by atoms with Gasteiger partial charge in [-0.25, -0.2) is 14.2 Å². The molecule has 3 rings (SSSR count). The number of hydrogen-bond acceptors (Lipinski definition) is 6. The Kier molecular flexibility index (Phi) is 4.70. The van der Waals surface area contributed by atoms with E-state index in [-0.39, 0.29) is 17.9 Å². The molecule has 26 heavy (non-hydrogen) atoms. The van der Waals surface area contributed by atoms with Gasteiger partial charge in [0, 0.05) is 6.20 Å². The quantitative estimate of drug-likeness (QED) is 0.558. The molecule has 0 amide bonds. The van der Waals surface area contributed by atoms with Crippen molar-refractivity contribution in [1.29, 1.82) is 0 Å². The number of hydrogen-bond donors (Lipinski definition) is 1. The highest BCUT2D eigenvalue weighted by Crippen LogP contribution is 2.25. The standard InChI is InChI=1S/C17H13FN4O4/c1-26-17(25)10-2-5-12(6-3-10)20-21-16-13(8-15(23)24)19-14-7-4-11(18)9-22(14)16/h2-7,9H,8H2,1H3,(H,23,24). The predicted octanol–water partition coefficient (Wildman–Crippen LogP) is 3.30. The molecule has 2 heterocycles. The van der Waals surface area contributed by atoms with E-state index in [0.29, 0.717) is 16.9 Å². The lowest BCUT2D eigenvalue weighted by atomic mass is 10.2. The fraction of sp³-hybridized carbons (Fsp3) is 0.118. The molecule has 0 aliphatic carbocycles. The Morgan fingerprint density at radius 3 is 2.58 bits per heavy atom. The second-order valence-corrected chi connectivity index (χ2v) is 5.27. The van der Waals surface area contributed by atoms with E-state index in [4.69, 9.17) is 5.11 Å². The van der Waals surface area contributed by atoms with Crippen LogP contribution in [0.2, 0.25) is 0 Å². The van der Waals surface area contributed by atoms with Crippen LogP contribution in [0.25, 0.3) is 5.65 Å². The number of carboxylic acids is 1. The van der Waals surface area contributed by atoms with Crippen molar-refractivity contribution in [2.45, 2.75) is 6.42 Å². The molecule has 0 unspecified atom stereocenters. The molecule has 0 saturated carbocycles. The number of carbonyl (C=O) groups excluding carboxylic acids is 1. The van der Waals surface area contributed by atoms with Crippen molar-refractivity contribution >= 4 is 29.1 Å². The summed E-state index contributed by atoms with van der Waals surface area (Å²) in [5.74, 6) is -1.96. The van der Waals surface area contributed by atoms with Crippen LogP contribution in [-0.4, -0.2) is 33.5 Å². The van der Waals surface area contributed by atoms with Crippen LogP contribution in [-0.2, 0) is 16.0 Å². The summed E-state index contributed by atoms with van der Waals surface area (Å²) < 4.78 is 19.5. The highest BCUT2D eigenvalue weighted by Gasteiger charge is 2.15. The lowest BCUT2D eigenvalue weighted by Crippen LogP contribution is -2.00. The predicted molar refractivity (Wildman–Crippen MR) is 88.4 cm³/mol. The number of azo groups is 1. The van der Waals surface area contributed by atoms with Crippen molar-refractivity contribution in [3.05, 3.63) is 59.7 Å². The molecule has 2 aromatic heterocycles. The molecular formula is C17H13FN4O4. The molecular weight excluding hydrogens is 343 g/mol. The minimum atomic E-state index is -1.09. The number of aromatic nitrogens is 2. The van der Waals surface area contributed by atoms with Crippen LogP contribution in [0.5, 0.6) is 0 Å². The Balaban J connectivity index is 1.98. The van der Waals surface area contributed by atoms with E-state index in [0.717, 1.165) is 6.20 Å². The average Bonchev–Trinajstić information content (AvgIpc) is 2.95. The third kappa shape index (κ3) is 3.56. The molecule has 1 N–H and O–H groups in total. The van der Waals surface area contributed by atoms with Crippen LogP contribution in [0.4, 0.5) is 15.9 Å². The summed E-state index contributed by atoms with van der Waals surface area (Å²) in [5.41, 5.74) is 1.30. The summed E-state index contributed by atoms with van der Waals surface area (Å²) in [6.07, 6.45) is 0.779. The van der Waals surface area contributed by atoms with Gasteiger partial charge in [-0.1, -0.05) is 0 Å². The smallest absolute Gasteiger partial charge is 0.337 e. The Labute approximate surface area is 146 Å². The number of carbonyl (C=O) groups is 2. The topological polar surface area (TPSA) is 106 Å². The van der Waals surface area contributed by atoms with Crippen LogP contribution in [0.3, 0.4) is 0 Å². The van der Waals surface area contributed by atoms with E-state index in [1.54, 1.807) is 12.1 Å². The number of esters is 1. The van der Waals surface area contributed by atoms with Crippen molar-refractivity contribution in [2.24, 2.45) is 10.2 Å². The first-order valence-corrected chi connectivity index (χ1v) is 7.46.